The predicted octanol–water partition coefficient (Wildman–Crippen LogP) is 1.80. The molecule has 2 fully saturated rings. The number of likely N-dealkylation sites (tertiary alicyclic amines) is 2. The highest BCUT2D eigenvalue weighted by molar-refractivity contribution is 5.94. The van der Waals surface area contributed by atoms with Gasteiger partial charge in [0.15, 0.2) is 6.61 Å². The number of rotatable bonds is 5. The number of halogens is 1. The van der Waals surface area contributed by atoms with E-state index >= 15 is 0 Å². The fraction of sp³-hybridized carbons (Fsp3) is 0.364. The monoisotopic (exact) mass is 398 g/mol. The van der Waals surface area contributed by atoms with Crippen LogP contribution in [0.3, 0.4) is 0 Å². The minimum atomic E-state index is -0.504. The molecule has 0 aliphatic carbocycles. The molecule has 7 heteroatoms. The zero-order valence-corrected chi connectivity index (χ0v) is 16.0. The van der Waals surface area contributed by atoms with E-state index in [0.29, 0.717) is 37.5 Å². The molecule has 2 heterocycles. The first kappa shape index (κ1) is 19.4. The van der Waals surface area contributed by atoms with Crippen LogP contribution in [0.15, 0.2) is 54.6 Å². The molecule has 29 heavy (non-hydrogen) atoms. The van der Waals surface area contributed by atoms with Crippen LogP contribution < -0.4 is 4.74 Å². The number of amides is 2. The van der Waals surface area contributed by atoms with Gasteiger partial charge in [0.05, 0.1) is 6.61 Å². The SMILES string of the molecule is O=C(COc1ccc(F)cc1)N1C[C@H]2CN(C(=O)c3ccccc3)C[C@@]2(CO)C1. The Labute approximate surface area is 168 Å². The number of aliphatic hydroxyl groups excluding tert-OH is 1. The average Bonchev–Trinajstić information content (AvgIpc) is 3.28. The van der Waals surface area contributed by atoms with Crippen molar-refractivity contribution in [3.63, 3.8) is 0 Å². The maximum absolute atomic E-state index is 13.0. The molecule has 2 atom stereocenters. The van der Waals surface area contributed by atoms with E-state index in [1.807, 2.05) is 18.2 Å². The normalized spacial score (nSPS) is 23.2. The van der Waals surface area contributed by atoms with Gasteiger partial charge in [0.1, 0.15) is 11.6 Å². The Balaban J connectivity index is 1.37. The Hall–Kier alpha value is -2.93. The summed E-state index contributed by atoms with van der Waals surface area (Å²) in [5.74, 6) is -0.149. The molecule has 0 unspecified atom stereocenters. The summed E-state index contributed by atoms with van der Waals surface area (Å²) in [5, 5.41) is 10.1. The molecule has 4 rings (SSSR count). The number of hydrogen-bond donors (Lipinski definition) is 1. The maximum atomic E-state index is 13.0. The van der Waals surface area contributed by atoms with Crippen LogP contribution in [0.2, 0.25) is 0 Å². The van der Waals surface area contributed by atoms with E-state index < -0.39 is 5.41 Å². The molecule has 2 saturated heterocycles. The first-order chi connectivity index (χ1) is 14.0. The summed E-state index contributed by atoms with van der Waals surface area (Å²) in [6, 6.07) is 14.6. The summed E-state index contributed by atoms with van der Waals surface area (Å²) in [4.78, 5) is 28.8. The molecule has 6 nitrogen and oxygen atoms in total. The third kappa shape index (κ3) is 3.82. The maximum Gasteiger partial charge on any atom is 0.260 e. The molecular weight excluding hydrogens is 375 g/mol. The van der Waals surface area contributed by atoms with Crippen molar-refractivity contribution in [2.75, 3.05) is 39.4 Å². The van der Waals surface area contributed by atoms with Gasteiger partial charge in [-0.25, -0.2) is 4.39 Å². The third-order valence-electron chi connectivity index (χ3n) is 5.91. The van der Waals surface area contributed by atoms with Crippen molar-refractivity contribution in [2.45, 2.75) is 0 Å². The van der Waals surface area contributed by atoms with Crippen LogP contribution in [-0.4, -0.2) is 66.1 Å². The first-order valence-corrected chi connectivity index (χ1v) is 9.62. The van der Waals surface area contributed by atoms with Crippen LogP contribution in [0, 0.1) is 17.2 Å². The lowest BCUT2D eigenvalue weighted by Crippen LogP contribution is -2.41. The van der Waals surface area contributed by atoms with Crippen LogP contribution in [0.5, 0.6) is 5.75 Å². The smallest absolute Gasteiger partial charge is 0.260 e. The lowest BCUT2D eigenvalue weighted by Gasteiger charge is -2.27. The molecule has 0 aromatic heterocycles. The summed E-state index contributed by atoms with van der Waals surface area (Å²) in [6.45, 7) is 1.57. The summed E-state index contributed by atoms with van der Waals surface area (Å²) < 4.78 is 18.4. The molecule has 2 aliphatic heterocycles. The van der Waals surface area contributed by atoms with Crippen LogP contribution in [-0.2, 0) is 4.79 Å². The molecule has 2 aromatic carbocycles. The predicted molar refractivity (Wildman–Crippen MR) is 104 cm³/mol. The van der Waals surface area contributed by atoms with Gasteiger partial charge >= 0.3 is 0 Å². The van der Waals surface area contributed by atoms with Crippen molar-refractivity contribution in [3.05, 3.63) is 66.0 Å². The van der Waals surface area contributed by atoms with Crippen molar-refractivity contribution < 1.29 is 23.8 Å². The highest BCUT2D eigenvalue weighted by Crippen LogP contribution is 2.42. The zero-order chi connectivity index (χ0) is 20.4. The van der Waals surface area contributed by atoms with E-state index in [4.69, 9.17) is 4.74 Å². The fourth-order valence-corrected chi connectivity index (χ4v) is 4.28. The number of fused-ring (bicyclic) bond motifs is 1. The average molecular weight is 398 g/mol. The van der Waals surface area contributed by atoms with Crippen LogP contribution in [0.4, 0.5) is 4.39 Å². The quantitative estimate of drug-likeness (QED) is 0.834. The minimum absolute atomic E-state index is 0.0231. The van der Waals surface area contributed by atoms with Gasteiger partial charge in [0, 0.05) is 43.1 Å². The van der Waals surface area contributed by atoms with Crippen molar-refractivity contribution >= 4 is 11.8 Å². The largest absolute Gasteiger partial charge is 0.484 e. The van der Waals surface area contributed by atoms with Gasteiger partial charge in [0.2, 0.25) is 0 Å². The standard InChI is InChI=1S/C22H23FN2O4/c23-18-6-8-19(9-7-18)29-12-20(27)24-10-17-11-25(14-22(17,13-24)15-26)21(28)16-4-2-1-3-5-16/h1-9,17,26H,10-15H2/t17-,22+/m0/s1. The number of benzene rings is 2. The first-order valence-electron chi connectivity index (χ1n) is 9.62. The molecular formula is C22H23FN2O4. The Morgan fingerprint density at radius 1 is 1.03 bits per heavy atom. The van der Waals surface area contributed by atoms with Gasteiger partial charge in [-0.15, -0.1) is 0 Å². The van der Waals surface area contributed by atoms with Crippen LogP contribution in [0.1, 0.15) is 10.4 Å². The molecule has 0 spiro atoms. The topological polar surface area (TPSA) is 70.1 Å². The highest BCUT2D eigenvalue weighted by Gasteiger charge is 2.54. The second-order valence-corrected chi connectivity index (χ2v) is 7.79. The Bertz CT molecular complexity index is 889. The highest BCUT2D eigenvalue weighted by atomic mass is 19.1. The van der Waals surface area contributed by atoms with E-state index in [0.717, 1.165) is 0 Å². The van der Waals surface area contributed by atoms with E-state index in [9.17, 15) is 19.1 Å². The number of ether oxygens (including phenoxy) is 1. The van der Waals surface area contributed by atoms with Gasteiger partial charge in [-0.2, -0.15) is 0 Å². The van der Waals surface area contributed by atoms with Crippen molar-refractivity contribution in [3.8, 4) is 5.75 Å². The third-order valence-corrected chi connectivity index (χ3v) is 5.91. The second-order valence-electron chi connectivity index (χ2n) is 7.79. The van der Waals surface area contributed by atoms with Gasteiger partial charge in [-0.1, -0.05) is 18.2 Å². The second kappa shape index (κ2) is 7.83. The molecule has 0 bridgehead atoms. The van der Waals surface area contributed by atoms with Crippen molar-refractivity contribution in [1.82, 2.24) is 9.80 Å². The minimum Gasteiger partial charge on any atom is -0.484 e. The lowest BCUT2D eigenvalue weighted by molar-refractivity contribution is -0.133. The fourth-order valence-electron chi connectivity index (χ4n) is 4.28. The van der Waals surface area contributed by atoms with E-state index in [-0.39, 0.29) is 36.8 Å². The molecule has 0 radical (unpaired) electrons. The van der Waals surface area contributed by atoms with Gasteiger partial charge < -0.3 is 19.6 Å². The lowest BCUT2D eigenvalue weighted by atomic mass is 9.82. The molecule has 152 valence electrons. The molecule has 1 N–H and O–H groups in total. The molecule has 2 aromatic rings. The Morgan fingerprint density at radius 3 is 2.34 bits per heavy atom. The van der Waals surface area contributed by atoms with Crippen LogP contribution >= 0.6 is 0 Å². The van der Waals surface area contributed by atoms with Crippen molar-refractivity contribution in [1.29, 1.82) is 0 Å². The Morgan fingerprint density at radius 2 is 1.69 bits per heavy atom. The van der Waals surface area contributed by atoms with Gasteiger partial charge in [-0.3, -0.25) is 9.59 Å². The summed E-state index contributed by atoms with van der Waals surface area (Å²) in [6.07, 6.45) is 0. The van der Waals surface area contributed by atoms with Gasteiger partial charge in [-0.05, 0) is 36.4 Å². The van der Waals surface area contributed by atoms with E-state index in [1.54, 1.807) is 21.9 Å². The number of nitrogens with zero attached hydrogens (tertiary/aromatic N) is 2. The number of carbonyl (C=O) groups is 2. The van der Waals surface area contributed by atoms with Gasteiger partial charge in [0.25, 0.3) is 11.8 Å². The number of carbonyl (C=O) groups excluding carboxylic acids is 2. The summed E-state index contributed by atoms with van der Waals surface area (Å²) >= 11 is 0. The van der Waals surface area contributed by atoms with Crippen molar-refractivity contribution in [2.24, 2.45) is 11.3 Å². The molecule has 2 aliphatic rings. The summed E-state index contributed by atoms with van der Waals surface area (Å²) in [5.41, 5.74) is 0.122. The van der Waals surface area contributed by atoms with E-state index in [1.165, 1.54) is 24.3 Å². The number of aliphatic hydroxyl groups is 1. The number of hydrogen-bond acceptors (Lipinski definition) is 4. The summed E-state index contributed by atoms with van der Waals surface area (Å²) in [7, 11) is 0. The molecule has 2 amide bonds. The van der Waals surface area contributed by atoms with E-state index in [2.05, 4.69) is 0 Å². The zero-order valence-electron chi connectivity index (χ0n) is 16.0. The molecule has 0 saturated carbocycles. The van der Waals surface area contributed by atoms with Crippen LogP contribution in [0.25, 0.3) is 0 Å². The Kier molecular flexibility index (Phi) is 5.24.